The summed E-state index contributed by atoms with van der Waals surface area (Å²) < 4.78 is 25.2. The number of rotatable bonds is 5. The smallest absolute Gasteiger partial charge is 0.323 e. The minimum Gasteiger partial charge on any atom is -0.480 e. The van der Waals surface area contributed by atoms with Crippen molar-refractivity contribution in [2.75, 3.05) is 0 Å². The molecule has 106 valence electrons. The first-order chi connectivity index (χ1) is 7.87. The predicted molar refractivity (Wildman–Crippen MR) is 66.5 cm³/mol. The lowest BCUT2D eigenvalue weighted by Crippen LogP contribution is -2.52. The number of sulfonamides is 1. The molecular formula is C10H20N2O5S. The van der Waals surface area contributed by atoms with Gasteiger partial charge in [-0.25, -0.2) is 13.1 Å². The normalized spacial score (nSPS) is 15.8. The molecule has 0 aliphatic heterocycles. The first kappa shape index (κ1) is 16.9. The molecule has 2 unspecified atom stereocenters. The Morgan fingerprint density at radius 2 is 1.61 bits per heavy atom. The maximum atomic E-state index is 11.6. The van der Waals surface area contributed by atoms with Gasteiger partial charge in [-0.15, -0.1) is 0 Å². The number of nitrogens with one attached hydrogen (secondary N) is 2. The van der Waals surface area contributed by atoms with E-state index >= 15 is 0 Å². The zero-order valence-corrected chi connectivity index (χ0v) is 12.0. The van der Waals surface area contributed by atoms with Crippen LogP contribution < -0.4 is 10.0 Å². The van der Waals surface area contributed by atoms with Crippen LogP contribution in [-0.2, 0) is 19.6 Å². The van der Waals surface area contributed by atoms with Crippen LogP contribution in [0.1, 0.15) is 34.6 Å². The molecule has 7 nitrogen and oxygen atoms in total. The number of hydrogen-bond acceptors (Lipinski definition) is 4. The lowest BCUT2D eigenvalue weighted by atomic mass is 10.1. The van der Waals surface area contributed by atoms with Gasteiger partial charge in [0.25, 0.3) is 0 Å². The highest BCUT2D eigenvalue weighted by molar-refractivity contribution is 7.90. The molecule has 0 fully saturated rings. The summed E-state index contributed by atoms with van der Waals surface area (Å²) in [7, 11) is -4.07. The average Bonchev–Trinajstić information content (AvgIpc) is 2.12. The second-order valence-electron chi connectivity index (χ2n) is 5.10. The molecule has 0 aliphatic carbocycles. The highest BCUT2D eigenvalue weighted by Crippen LogP contribution is 2.03. The van der Waals surface area contributed by atoms with Crippen molar-refractivity contribution in [3.63, 3.8) is 0 Å². The Morgan fingerprint density at radius 1 is 1.17 bits per heavy atom. The summed E-state index contributed by atoms with van der Waals surface area (Å²) in [6.07, 6.45) is 0. The van der Waals surface area contributed by atoms with Crippen LogP contribution >= 0.6 is 0 Å². The average molecular weight is 280 g/mol. The molecule has 0 saturated carbocycles. The molecule has 3 N–H and O–H groups in total. The molecule has 0 aromatic carbocycles. The second kappa shape index (κ2) is 5.66. The molecule has 8 heteroatoms. The number of carboxylic acid groups (broad SMARTS) is 1. The Hall–Kier alpha value is -1.15. The summed E-state index contributed by atoms with van der Waals surface area (Å²) in [4.78, 5) is 22.2. The van der Waals surface area contributed by atoms with Gasteiger partial charge in [0.05, 0.1) is 6.04 Å². The Labute approximate surface area is 107 Å². The van der Waals surface area contributed by atoms with Crippen LogP contribution in [0.3, 0.4) is 0 Å². The van der Waals surface area contributed by atoms with Gasteiger partial charge in [0.15, 0.2) is 5.25 Å². The molecule has 0 radical (unpaired) electrons. The highest BCUT2D eigenvalue weighted by Gasteiger charge is 2.31. The molecule has 0 rings (SSSR count). The third kappa shape index (κ3) is 5.46. The van der Waals surface area contributed by atoms with Gasteiger partial charge in [-0.2, -0.15) is 0 Å². The second-order valence-corrected chi connectivity index (χ2v) is 7.14. The number of hydrogen-bond donors (Lipinski definition) is 3. The molecule has 0 bridgehead atoms. The first-order valence-electron chi connectivity index (χ1n) is 5.43. The summed E-state index contributed by atoms with van der Waals surface area (Å²) in [6, 6.07) is -1.03. The topological polar surface area (TPSA) is 113 Å². The van der Waals surface area contributed by atoms with Crippen LogP contribution in [0, 0.1) is 0 Å². The lowest BCUT2D eigenvalue weighted by Gasteiger charge is -2.24. The fraction of sp³-hybridized carbons (Fsp3) is 0.800. The van der Waals surface area contributed by atoms with Crippen molar-refractivity contribution in [1.82, 2.24) is 10.0 Å². The minimum atomic E-state index is -4.07. The van der Waals surface area contributed by atoms with E-state index in [1.165, 1.54) is 6.92 Å². The molecule has 18 heavy (non-hydrogen) atoms. The van der Waals surface area contributed by atoms with Crippen LogP contribution in [0.25, 0.3) is 0 Å². The van der Waals surface area contributed by atoms with E-state index in [-0.39, 0.29) is 0 Å². The van der Waals surface area contributed by atoms with Gasteiger partial charge in [-0.3, -0.25) is 9.59 Å². The Bertz CT molecular complexity index is 424. The number of amides is 1. The third-order valence-corrected chi connectivity index (χ3v) is 3.86. The van der Waals surface area contributed by atoms with Crippen molar-refractivity contribution >= 4 is 21.9 Å². The number of aliphatic carboxylic acids is 1. The van der Waals surface area contributed by atoms with Gasteiger partial charge < -0.3 is 10.4 Å². The molecular weight excluding hydrogens is 260 g/mol. The Balaban J connectivity index is 4.72. The molecule has 0 heterocycles. The van der Waals surface area contributed by atoms with E-state index < -0.39 is 38.7 Å². The molecule has 0 aromatic heterocycles. The molecule has 0 aliphatic rings. The van der Waals surface area contributed by atoms with E-state index in [0.29, 0.717) is 0 Å². The lowest BCUT2D eigenvalue weighted by molar-refractivity contribution is -0.136. The quantitative estimate of drug-likeness (QED) is 0.639. The van der Waals surface area contributed by atoms with Gasteiger partial charge in [-0.1, -0.05) is 0 Å². The summed E-state index contributed by atoms with van der Waals surface area (Å²) in [5.74, 6) is -1.98. The first-order valence-corrected chi connectivity index (χ1v) is 6.97. The van der Waals surface area contributed by atoms with E-state index in [1.54, 1.807) is 20.8 Å². The van der Waals surface area contributed by atoms with Crippen molar-refractivity contribution in [1.29, 1.82) is 0 Å². The van der Waals surface area contributed by atoms with E-state index in [0.717, 1.165) is 6.92 Å². The van der Waals surface area contributed by atoms with Crippen molar-refractivity contribution < 1.29 is 23.1 Å². The minimum absolute atomic E-state index is 0.491. The molecule has 0 spiro atoms. The molecule has 0 saturated heterocycles. The molecule has 2 atom stereocenters. The number of carboxylic acids is 1. The van der Waals surface area contributed by atoms with Gasteiger partial charge in [0.1, 0.15) is 0 Å². The Morgan fingerprint density at radius 3 is 1.94 bits per heavy atom. The Kier molecular flexibility index (Phi) is 5.30. The fourth-order valence-corrected chi connectivity index (χ4v) is 2.08. The van der Waals surface area contributed by atoms with Crippen molar-refractivity contribution in [3.05, 3.63) is 0 Å². The van der Waals surface area contributed by atoms with Crippen LogP contribution in [0.5, 0.6) is 0 Å². The van der Waals surface area contributed by atoms with Crippen LogP contribution in [0.15, 0.2) is 0 Å². The zero-order chi connectivity index (χ0) is 14.7. The van der Waals surface area contributed by atoms with Gasteiger partial charge in [0, 0.05) is 5.54 Å². The monoisotopic (exact) mass is 280 g/mol. The fourth-order valence-electron chi connectivity index (χ4n) is 1.01. The van der Waals surface area contributed by atoms with E-state index in [4.69, 9.17) is 5.11 Å². The van der Waals surface area contributed by atoms with Gasteiger partial charge in [0.2, 0.25) is 15.9 Å². The van der Waals surface area contributed by atoms with Crippen molar-refractivity contribution in [2.24, 2.45) is 0 Å². The number of carbonyl (C=O) groups is 2. The van der Waals surface area contributed by atoms with Gasteiger partial charge >= 0.3 is 5.97 Å². The standard InChI is InChI=1S/C10H20N2O5S/c1-6(8(13)11-10(3,4)5)12-18(16,17)7(2)9(14)15/h6-7,12H,1-5H3,(H,11,13)(H,14,15). The summed E-state index contributed by atoms with van der Waals surface area (Å²) >= 11 is 0. The van der Waals surface area contributed by atoms with Crippen LogP contribution in [-0.4, -0.2) is 42.2 Å². The maximum absolute atomic E-state index is 11.6. The predicted octanol–water partition coefficient (Wildman–Crippen LogP) is -0.318. The molecule has 1 amide bonds. The SMILES string of the molecule is CC(NS(=O)(=O)C(C)C(=O)O)C(=O)NC(C)(C)C. The van der Waals surface area contributed by atoms with E-state index in [1.807, 2.05) is 4.72 Å². The number of carbonyl (C=O) groups excluding carboxylic acids is 1. The van der Waals surface area contributed by atoms with E-state index in [2.05, 4.69) is 5.32 Å². The highest BCUT2D eigenvalue weighted by atomic mass is 32.2. The van der Waals surface area contributed by atoms with E-state index in [9.17, 15) is 18.0 Å². The third-order valence-electron chi connectivity index (χ3n) is 2.05. The van der Waals surface area contributed by atoms with Crippen LogP contribution in [0.4, 0.5) is 0 Å². The maximum Gasteiger partial charge on any atom is 0.323 e. The molecule has 0 aromatic rings. The zero-order valence-electron chi connectivity index (χ0n) is 11.1. The summed E-state index contributed by atoms with van der Waals surface area (Å²) in [5, 5.41) is 9.62. The van der Waals surface area contributed by atoms with Crippen molar-refractivity contribution in [2.45, 2.75) is 51.4 Å². The van der Waals surface area contributed by atoms with Crippen molar-refractivity contribution in [3.8, 4) is 0 Å². The van der Waals surface area contributed by atoms with Crippen LogP contribution in [0.2, 0.25) is 0 Å². The summed E-state index contributed by atoms with van der Waals surface area (Å²) in [6.45, 7) is 7.66. The summed E-state index contributed by atoms with van der Waals surface area (Å²) in [5.41, 5.74) is -0.491. The largest absolute Gasteiger partial charge is 0.480 e. The van der Waals surface area contributed by atoms with Gasteiger partial charge in [-0.05, 0) is 34.6 Å².